The quantitative estimate of drug-likeness (QED) is 0.304. The zero-order valence-electron chi connectivity index (χ0n) is 18.1. The Balaban J connectivity index is 1.52. The minimum absolute atomic E-state index is 0.0313. The summed E-state index contributed by atoms with van der Waals surface area (Å²) < 4.78 is 1.94. The van der Waals surface area contributed by atoms with Crippen molar-refractivity contribution in [1.82, 2.24) is 14.8 Å². The summed E-state index contributed by atoms with van der Waals surface area (Å²) in [5.41, 5.74) is 2.01. The molecule has 0 aliphatic heterocycles. The van der Waals surface area contributed by atoms with Gasteiger partial charge < -0.3 is 10.2 Å². The van der Waals surface area contributed by atoms with Gasteiger partial charge in [-0.05, 0) is 43.2 Å². The lowest BCUT2D eigenvalue weighted by molar-refractivity contribution is -0.384. The first-order chi connectivity index (χ1) is 15.8. The number of nitro groups is 1. The van der Waals surface area contributed by atoms with Crippen LogP contribution in [-0.2, 0) is 9.59 Å². The zero-order chi connectivity index (χ0) is 23.5. The lowest BCUT2D eigenvalue weighted by Gasteiger charge is -2.17. The molecule has 2 amide bonds. The van der Waals surface area contributed by atoms with E-state index < -0.39 is 4.92 Å². The number of hydrogen-bond donors (Lipinski definition) is 1. The van der Waals surface area contributed by atoms with E-state index >= 15 is 0 Å². The van der Waals surface area contributed by atoms with Crippen molar-refractivity contribution >= 4 is 40.6 Å². The fourth-order valence-corrected chi connectivity index (χ4v) is 4.19. The van der Waals surface area contributed by atoms with E-state index in [1.807, 2.05) is 28.8 Å². The highest BCUT2D eigenvalue weighted by Crippen LogP contribution is 2.41. The molecule has 1 N–H and O–H groups in total. The number of carbonyl (C=O) groups excluding carboxylic acids is 2. The van der Waals surface area contributed by atoms with Crippen molar-refractivity contribution in [2.24, 2.45) is 0 Å². The minimum atomic E-state index is -0.480. The summed E-state index contributed by atoms with van der Waals surface area (Å²) in [4.78, 5) is 36.0. The molecule has 1 saturated carbocycles. The molecule has 2 aromatic carbocycles. The zero-order valence-corrected chi connectivity index (χ0v) is 18.9. The number of aromatic nitrogens is 3. The summed E-state index contributed by atoms with van der Waals surface area (Å²) in [5, 5.41) is 22.9. The van der Waals surface area contributed by atoms with Gasteiger partial charge in [0.15, 0.2) is 5.16 Å². The van der Waals surface area contributed by atoms with E-state index in [0.29, 0.717) is 22.4 Å². The van der Waals surface area contributed by atoms with Gasteiger partial charge in [-0.15, -0.1) is 10.2 Å². The van der Waals surface area contributed by atoms with Crippen LogP contribution >= 0.6 is 11.8 Å². The van der Waals surface area contributed by atoms with E-state index in [1.165, 1.54) is 35.7 Å². The van der Waals surface area contributed by atoms with Gasteiger partial charge in [-0.25, -0.2) is 0 Å². The second-order valence-electron chi connectivity index (χ2n) is 7.70. The standard InChI is InChI=1S/C22H22N6O4S/c1-14(29)23-16-4-3-5-19(12-16)27-21(15-6-7-15)24-25-22(27)33-13-20(30)26(2)17-8-10-18(11-9-17)28(31)32/h3-5,8-12,15H,6-7,13H2,1-2H3,(H,23,29). The Kier molecular flexibility index (Phi) is 6.40. The van der Waals surface area contributed by atoms with Crippen LogP contribution in [0.5, 0.6) is 0 Å². The van der Waals surface area contributed by atoms with Crippen LogP contribution in [0.3, 0.4) is 0 Å². The van der Waals surface area contributed by atoms with E-state index in [4.69, 9.17) is 0 Å². The van der Waals surface area contributed by atoms with Gasteiger partial charge in [0.25, 0.3) is 5.69 Å². The molecule has 1 aromatic heterocycles. The monoisotopic (exact) mass is 466 g/mol. The van der Waals surface area contributed by atoms with E-state index in [9.17, 15) is 19.7 Å². The van der Waals surface area contributed by atoms with Gasteiger partial charge in [0.1, 0.15) is 5.82 Å². The van der Waals surface area contributed by atoms with Crippen molar-refractivity contribution in [1.29, 1.82) is 0 Å². The molecule has 1 fully saturated rings. The molecular formula is C22H22N6O4S. The third-order valence-corrected chi connectivity index (χ3v) is 6.09. The van der Waals surface area contributed by atoms with Crippen LogP contribution in [0, 0.1) is 10.1 Å². The molecule has 1 aliphatic carbocycles. The highest BCUT2D eigenvalue weighted by molar-refractivity contribution is 7.99. The Bertz CT molecular complexity index is 1210. The number of rotatable bonds is 8. The summed E-state index contributed by atoms with van der Waals surface area (Å²) in [6.07, 6.45) is 2.08. The molecule has 0 radical (unpaired) electrons. The van der Waals surface area contributed by atoms with Crippen molar-refractivity contribution in [2.75, 3.05) is 23.0 Å². The molecule has 33 heavy (non-hydrogen) atoms. The van der Waals surface area contributed by atoms with Gasteiger partial charge in [0.2, 0.25) is 11.8 Å². The first kappa shape index (κ1) is 22.5. The largest absolute Gasteiger partial charge is 0.326 e. The Morgan fingerprint density at radius 1 is 1.21 bits per heavy atom. The Hall–Kier alpha value is -3.73. The van der Waals surface area contributed by atoms with Gasteiger partial charge in [0, 0.05) is 43.4 Å². The van der Waals surface area contributed by atoms with Crippen LogP contribution < -0.4 is 10.2 Å². The number of anilines is 2. The molecule has 1 heterocycles. The molecule has 0 bridgehead atoms. The van der Waals surface area contributed by atoms with Crippen molar-refractivity contribution < 1.29 is 14.5 Å². The minimum Gasteiger partial charge on any atom is -0.326 e. The Labute approximate surface area is 194 Å². The number of hydrogen-bond acceptors (Lipinski definition) is 7. The number of carbonyl (C=O) groups is 2. The van der Waals surface area contributed by atoms with E-state index in [2.05, 4.69) is 15.5 Å². The summed E-state index contributed by atoms with van der Waals surface area (Å²) in [7, 11) is 1.63. The van der Waals surface area contributed by atoms with Gasteiger partial charge in [-0.2, -0.15) is 0 Å². The van der Waals surface area contributed by atoms with Crippen molar-refractivity contribution in [3.8, 4) is 5.69 Å². The van der Waals surface area contributed by atoms with Gasteiger partial charge >= 0.3 is 0 Å². The smallest absolute Gasteiger partial charge is 0.269 e. The average molecular weight is 467 g/mol. The lowest BCUT2D eigenvalue weighted by Crippen LogP contribution is -2.28. The van der Waals surface area contributed by atoms with Crippen molar-refractivity contribution in [3.05, 3.63) is 64.5 Å². The maximum atomic E-state index is 12.8. The number of thioether (sulfide) groups is 1. The van der Waals surface area contributed by atoms with Crippen molar-refractivity contribution in [3.63, 3.8) is 0 Å². The predicted octanol–water partition coefficient (Wildman–Crippen LogP) is 3.77. The topological polar surface area (TPSA) is 123 Å². The fraction of sp³-hybridized carbons (Fsp3) is 0.273. The van der Waals surface area contributed by atoms with Crippen molar-refractivity contribution in [2.45, 2.75) is 30.8 Å². The highest BCUT2D eigenvalue weighted by atomic mass is 32.2. The predicted molar refractivity (Wildman–Crippen MR) is 125 cm³/mol. The molecule has 1 aliphatic rings. The van der Waals surface area contributed by atoms with E-state index in [1.54, 1.807) is 19.2 Å². The Morgan fingerprint density at radius 2 is 1.94 bits per heavy atom. The second kappa shape index (κ2) is 9.41. The molecule has 0 atom stereocenters. The Morgan fingerprint density at radius 3 is 2.58 bits per heavy atom. The number of amides is 2. The molecule has 0 saturated heterocycles. The van der Waals surface area contributed by atoms with E-state index in [-0.39, 0.29) is 23.3 Å². The molecule has 170 valence electrons. The third kappa shape index (κ3) is 5.20. The average Bonchev–Trinajstić information content (AvgIpc) is 3.55. The van der Waals surface area contributed by atoms with Gasteiger partial charge in [-0.1, -0.05) is 17.8 Å². The molecule has 11 heteroatoms. The van der Waals surface area contributed by atoms with Crippen LogP contribution in [0.15, 0.2) is 53.7 Å². The molecule has 0 spiro atoms. The maximum Gasteiger partial charge on any atom is 0.269 e. The lowest BCUT2D eigenvalue weighted by atomic mass is 10.2. The first-order valence-electron chi connectivity index (χ1n) is 10.3. The summed E-state index contributed by atoms with van der Waals surface area (Å²) in [6, 6.07) is 13.2. The maximum absolute atomic E-state index is 12.8. The third-order valence-electron chi connectivity index (χ3n) is 5.17. The van der Waals surface area contributed by atoms with Crippen LogP contribution in [0.2, 0.25) is 0 Å². The number of non-ortho nitro benzene ring substituents is 1. The van der Waals surface area contributed by atoms with Crippen LogP contribution in [0.25, 0.3) is 5.69 Å². The summed E-state index contributed by atoms with van der Waals surface area (Å²) in [5.74, 6) is 0.946. The molecule has 0 unspecified atom stereocenters. The number of nitro benzene ring substituents is 1. The first-order valence-corrected chi connectivity index (χ1v) is 11.3. The SMILES string of the molecule is CC(=O)Nc1cccc(-n2c(SCC(=O)N(C)c3ccc([N+](=O)[O-])cc3)nnc2C2CC2)c1. The molecule has 10 nitrogen and oxygen atoms in total. The number of nitrogens with zero attached hydrogens (tertiary/aromatic N) is 5. The highest BCUT2D eigenvalue weighted by Gasteiger charge is 2.31. The fourth-order valence-electron chi connectivity index (χ4n) is 3.31. The normalized spacial score (nSPS) is 12.9. The summed E-state index contributed by atoms with van der Waals surface area (Å²) >= 11 is 1.27. The van der Waals surface area contributed by atoms with Crippen LogP contribution in [0.1, 0.15) is 31.5 Å². The van der Waals surface area contributed by atoms with Gasteiger partial charge in [-0.3, -0.25) is 24.3 Å². The molecule has 4 rings (SSSR count). The van der Waals surface area contributed by atoms with Crippen LogP contribution in [-0.4, -0.2) is 44.3 Å². The number of benzene rings is 2. The van der Waals surface area contributed by atoms with Crippen LogP contribution in [0.4, 0.5) is 17.1 Å². The van der Waals surface area contributed by atoms with Gasteiger partial charge in [0.05, 0.1) is 16.4 Å². The summed E-state index contributed by atoms with van der Waals surface area (Å²) in [6.45, 7) is 1.45. The second-order valence-corrected chi connectivity index (χ2v) is 8.64. The molecule has 3 aromatic rings. The number of nitrogens with one attached hydrogen (secondary N) is 1. The van der Waals surface area contributed by atoms with E-state index in [0.717, 1.165) is 24.4 Å². The molecular weight excluding hydrogens is 444 g/mol.